The third kappa shape index (κ3) is 5.24. The number of nitrogens with zero attached hydrogens (tertiary/aromatic N) is 2. The maximum atomic E-state index is 13.2. The van der Waals surface area contributed by atoms with Gasteiger partial charge in [0.25, 0.3) is 5.91 Å². The fourth-order valence-corrected chi connectivity index (χ4v) is 3.15. The molecule has 0 radical (unpaired) electrons. The van der Waals surface area contributed by atoms with Gasteiger partial charge in [-0.1, -0.05) is 6.07 Å². The molecule has 0 bridgehead atoms. The molecule has 0 aliphatic heterocycles. The van der Waals surface area contributed by atoms with Crippen LogP contribution in [0.25, 0.3) is 11.4 Å². The Bertz CT molecular complexity index is 1280. The Kier molecular flexibility index (Phi) is 6.45. The van der Waals surface area contributed by atoms with E-state index in [-0.39, 0.29) is 11.7 Å². The fourth-order valence-electron chi connectivity index (χ4n) is 3.15. The molecule has 1 heterocycles. The van der Waals surface area contributed by atoms with Crippen LogP contribution in [0.15, 0.2) is 79.0 Å². The van der Waals surface area contributed by atoms with Crippen LogP contribution in [0.3, 0.4) is 0 Å². The highest BCUT2D eigenvalue weighted by molar-refractivity contribution is 6.05. The van der Waals surface area contributed by atoms with Crippen molar-refractivity contribution in [3.63, 3.8) is 0 Å². The lowest BCUT2D eigenvalue weighted by atomic mass is 10.1. The van der Waals surface area contributed by atoms with Crippen LogP contribution in [0.4, 0.5) is 21.6 Å². The Hall–Kier alpha value is -4.46. The van der Waals surface area contributed by atoms with Gasteiger partial charge in [-0.3, -0.25) is 4.79 Å². The van der Waals surface area contributed by atoms with Gasteiger partial charge >= 0.3 is 0 Å². The molecule has 8 heteroatoms. The number of carbonyl (C=O) groups is 1. The smallest absolute Gasteiger partial charge is 0.255 e. The maximum absolute atomic E-state index is 13.2. The molecule has 166 valence electrons. The van der Waals surface area contributed by atoms with E-state index in [0.717, 1.165) is 0 Å². The normalized spacial score (nSPS) is 10.4. The number of aromatic nitrogens is 2. The summed E-state index contributed by atoms with van der Waals surface area (Å²) in [5, 5.41) is 6.03. The van der Waals surface area contributed by atoms with Crippen LogP contribution < -0.4 is 20.1 Å². The summed E-state index contributed by atoms with van der Waals surface area (Å²) in [6, 6.07) is 19.8. The molecule has 0 aliphatic rings. The number of benzene rings is 3. The van der Waals surface area contributed by atoms with Crippen LogP contribution in [0.5, 0.6) is 11.5 Å². The number of nitrogens with one attached hydrogen (secondary N) is 2. The number of amides is 1. The van der Waals surface area contributed by atoms with Gasteiger partial charge in [0.2, 0.25) is 0 Å². The summed E-state index contributed by atoms with van der Waals surface area (Å²) < 4.78 is 23.7. The Labute approximate surface area is 190 Å². The second-order valence-corrected chi connectivity index (χ2v) is 7.00. The van der Waals surface area contributed by atoms with Crippen molar-refractivity contribution in [1.82, 2.24) is 9.97 Å². The van der Waals surface area contributed by atoms with E-state index in [1.807, 2.05) is 6.07 Å². The van der Waals surface area contributed by atoms with Crippen molar-refractivity contribution in [1.29, 1.82) is 0 Å². The van der Waals surface area contributed by atoms with Crippen molar-refractivity contribution in [3.8, 4) is 22.9 Å². The molecule has 3 aromatic carbocycles. The van der Waals surface area contributed by atoms with Crippen LogP contribution >= 0.6 is 0 Å². The molecular formula is C25H21FN4O3. The van der Waals surface area contributed by atoms with E-state index in [9.17, 15) is 9.18 Å². The summed E-state index contributed by atoms with van der Waals surface area (Å²) >= 11 is 0. The first-order valence-electron chi connectivity index (χ1n) is 10.0. The summed E-state index contributed by atoms with van der Waals surface area (Å²) in [5.41, 5.74) is 2.35. The average molecular weight is 444 g/mol. The van der Waals surface area contributed by atoms with E-state index in [2.05, 4.69) is 20.6 Å². The minimum atomic E-state index is -0.324. The average Bonchev–Trinajstić information content (AvgIpc) is 2.85. The second-order valence-electron chi connectivity index (χ2n) is 7.00. The molecular weight excluding hydrogens is 423 g/mol. The van der Waals surface area contributed by atoms with Crippen molar-refractivity contribution in [2.24, 2.45) is 0 Å². The summed E-state index contributed by atoms with van der Waals surface area (Å²) in [7, 11) is 3.09. The summed E-state index contributed by atoms with van der Waals surface area (Å²) in [6.45, 7) is 0. The van der Waals surface area contributed by atoms with E-state index in [1.54, 1.807) is 67.9 Å². The van der Waals surface area contributed by atoms with Crippen LogP contribution in [0, 0.1) is 5.82 Å². The predicted octanol–water partition coefficient (Wildman–Crippen LogP) is 5.30. The van der Waals surface area contributed by atoms with E-state index >= 15 is 0 Å². The van der Waals surface area contributed by atoms with Gasteiger partial charge in [0.15, 0.2) is 5.82 Å². The molecule has 2 N–H and O–H groups in total. The van der Waals surface area contributed by atoms with Crippen molar-refractivity contribution >= 4 is 23.1 Å². The number of carbonyl (C=O) groups excluding carboxylic acids is 1. The zero-order valence-electron chi connectivity index (χ0n) is 18.0. The van der Waals surface area contributed by atoms with Gasteiger partial charge < -0.3 is 20.1 Å². The third-order valence-electron chi connectivity index (χ3n) is 4.81. The Morgan fingerprint density at radius 1 is 0.939 bits per heavy atom. The number of halogens is 1. The van der Waals surface area contributed by atoms with Crippen LogP contribution in [-0.4, -0.2) is 30.1 Å². The standard InChI is InChI=1S/C25H21FN4O3/c1-32-20-10-11-21(22(15-20)33-2)29-25(31)17-4-3-5-19(14-17)28-23-12-13-27-24(30-23)16-6-8-18(26)9-7-16/h3-15H,1-2H3,(H,29,31)(H,27,28,30). The highest BCUT2D eigenvalue weighted by Gasteiger charge is 2.12. The van der Waals surface area contributed by atoms with Gasteiger partial charge in [0, 0.05) is 29.1 Å². The quantitative estimate of drug-likeness (QED) is 0.403. The molecule has 0 atom stereocenters. The molecule has 7 nitrogen and oxygen atoms in total. The number of hydrogen-bond donors (Lipinski definition) is 2. The highest BCUT2D eigenvalue weighted by atomic mass is 19.1. The molecule has 0 saturated heterocycles. The monoisotopic (exact) mass is 444 g/mol. The molecule has 0 spiro atoms. The van der Waals surface area contributed by atoms with Gasteiger partial charge in [-0.25, -0.2) is 14.4 Å². The summed E-state index contributed by atoms with van der Waals surface area (Å²) in [6.07, 6.45) is 1.61. The van der Waals surface area contributed by atoms with Crippen molar-refractivity contribution < 1.29 is 18.7 Å². The lowest BCUT2D eigenvalue weighted by molar-refractivity contribution is 0.102. The maximum Gasteiger partial charge on any atom is 0.255 e. The zero-order chi connectivity index (χ0) is 23.2. The minimum Gasteiger partial charge on any atom is -0.497 e. The van der Waals surface area contributed by atoms with Gasteiger partial charge in [-0.15, -0.1) is 0 Å². The number of hydrogen-bond acceptors (Lipinski definition) is 6. The molecule has 33 heavy (non-hydrogen) atoms. The number of anilines is 3. The first-order valence-corrected chi connectivity index (χ1v) is 10.0. The molecule has 0 saturated carbocycles. The number of methoxy groups -OCH3 is 2. The molecule has 1 aromatic heterocycles. The third-order valence-corrected chi connectivity index (χ3v) is 4.81. The first kappa shape index (κ1) is 21.8. The van der Waals surface area contributed by atoms with Gasteiger partial charge in [0.05, 0.1) is 19.9 Å². The SMILES string of the molecule is COc1ccc(NC(=O)c2cccc(Nc3ccnc(-c4ccc(F)cc4)n3)c2)c(OC)c1. The largest absolute Gasteiger partial charge is 0.497 e. The van der Waals surface area contributed by atoms with E-state index in [0.29, 0.717) is 45.6 Å². The fraction of sp³-hybridized carbons (Fsp3) is 0.0800. The van der Waals surface area contributed by atoms with Crippen LogP contribution in [0.1, 0.15) is 10.4 Å². The van der Waals surface area contributed by atoms with Gasteiger partial charge in [-0.05, 0) is 60.7 Å². The van der Waals surface area contributed by atoms with Crippen molar-refractivity contribution in [2.75, 3.05) is 24.9 Å². The van der Waals surface area contributed by atoms with Crippen molar-refractivity contribution in [2.45, 2.75) is 0 Å². The summed E-state index contributed by atoms with van der Waals surface area (Å²) in [5.74, 6) is 1.50. The predicted molar refractivity (Wildman–Crippen MR) is 125 cm³/mol. The number of rotatable bonds is 7. The first-order chi connectivity index (χ1) is 16.1. The Balaban J connectivity index is 1.51. The van der Waals surface area contributed by atoms with Gasteiger partial charge in [-0.2, -0.15) is 0 Å². The van der Waals surface area contributed by atoms with E-state index in [1.165, 1.54) is 19.2 Å². The van der Waals surface area contributed by atoms with E-state index in [4.69, 9.17) is 9.47 Å². The zero-order valence-corrected chi connectivity index (χ0v) is 18.0. The lowest BCUT2D eigenvalue weighted by Crippen LogP contribution is -2.13. The molecule has 4 aromatic rings. The molecule has 0 unspecified atom stereocenters. The topological polar surface area (TPSA) is 85.4 Å². The molecule has 4 rings (SSSR count). The Morgan fingerprint density at radius 3 is 2.52 bits per heavy atom. The van der Waals surface area contributed by atoms with Crippen LogP contribution in [0.2, 0.25) is 0 Å². The second kappa shape index (κ2) is 9.78. The van der Waals surface area contributed by atoms with E-state index < -0.39 is 0 Å². The number of ether oxygens (including phenoxy) is 2. The molecule has 0 aliphatic carbocycles. The molecule has 0 fully saturated rings. The summed E-state index contributed by atoms with van der Waals surface area (Å²) in [4.78, 5) is 21.5. The van der Waals surface area contributed by atoms with Crippen LogP contribution in [-0.2, 0) is 0 Å². The highest BCUT2D eigenvalue weighted by Crippen LogP contribution is 2.29. The van der Waals surface area contributed by atoms with Gasteiger partial charge in [0.1, 0.15) is 23.1 Å². The Morgan fingerprint density at radius 2 is 1.76 bits per heavy atom. The molecule has 1 amide bonds. The minimum absolute atomic E-state index is 0.295. The van der Waals surface area contributed by atoms with Crippen molar-refractivity contribution in [3.05, 3.63) is 90.4 Å². The lowest BCUT2D eigenvalue weighted by Gasteiger charge is -2.12.